The average Bonchev–Trinajstić information content (AvgIpc) is 2.51. The maximum Gasteiger partial charge on any atom is 0.160 e. The van der Waals surface area contributed by atoms with Gasteiger partial charge in [-0.1, -0.05) is 36.4 Å². The van der Waals surface area contributed by atoms with Gasteiger partial charge in [-0.3, -0.25) is 0 Å². The molecule has 20 heavy (non-hydrogen) atoms. The van der Waals surface area contributed by atoms with Gasteiger partial charge in [-0.05, 0) is 24.6 Å². The fourth-order valence-electron chi connectivity index (χ4n) is 2.14. The molecule has 0 atom stereocenters. The number of anilines is 2. The second-order valence-corrected chi connectivity index (χ2v) is 4.90. The van der Waals surface area contributed by atoms with Gasteiger partial charge in [0.25, 0.3) is 0 Å². The number of benzene rings is 2. The molecular formula is C16H14ClN3. The van der Waals surface area contributed by atoms with Crippen LogP contribution in [0.25, 0.3) is 10.8 Å². The number of hydrogen-bond donors (Lipinski definition) is 1. The van der Waals surface area contributed by atoms with Crippen LogP contribution < -0.4 is 5.32 Å². The third-order valence-electron chi connectivity index (χ3n) is 3.24. The normalized spacial score (nSPS) is 10.7. The van der Waals surface area contributed by atoms with E-state index in [0.29, 0.717) is 5.88 Å². The van der Waals surface area contributed by atoms with E-state index < -0.39 is 0 Å². The smallest absolute Gasteiger partial charge is 0.160 e. The number of nitrogens with zero attached hydrogens (tertiary/aromatic N) is 2. The minimum absolute atomic E-state index is 0.521. The molecule has 0 bridgehead atoms. The molecule has 1 aromatic heterocycles. The second kappa shape index (κ2) is 5.47. The van der Waals surface area contributed by atoms with Crippen LogP contribution in [0.15, 0.2) is 48.5 Å². The highest BCUT2D eigenvalue weighted by Crippen LogP contribution is 2.25. The monoisotopic (exact) mass is 283 g/mol. The molecule has 1 N–H and O–H groups in total. The van der Waals surface area contributed by atoms with E-state index in [1.807, 2.05) is 49.4 Å². The first kappa shape index (κ1) is 12.9. The second-order valence-electron chi connectivity index (χ2n) is 4.64. The van der Waals surface area contributed by atoms with Crippen LogP contribution in [0.5, 0.6) is 0 Å². The van der Waals surface area contributed by atoms with Crippen LogP contribution in [0.3, 0.4) is 0 Å². The SMILES string of the molecule is Cc1nnc(Nc2ccc(CCl)cc2)c2ccccc12. The van der Waals surface area contributed by atoms with Gasteiger partial charge < -0.3 is 5.32 Å². The molecule has 0 aliphatic heterocycles. The van der Waals surface area contributed by atoms with Crippen molar-refractivity contribution in [1.29, 1.82) is 0 Å². The zero-order valence-corrected chi connectivity index (χ0v) is 11.9. The van der Waals surface area contributed by atoms with E-state index >= 15 is 0 Å². The molecule has 0 spiro atoms. The van der Waals surface area contributed by atoms with Crippen LogP contribution in [0.4, 0.5) is 11.5 Å². The zero-order chi connectivity index (χ0) is 13.9. The molecule has 100 valence electrons. The third kappa shape index (κ3) is 2.45. The minimum Gasteiger partial charge on any atom is -0.338 e. The van der Waals surface area contributed by atoms with E-state index in [0.717, 1.165) is 33.5 Å². The first-order valence-corrected chi connectivity index (χ1v) is 6.95. The van der Waals surface area contributed by atoms with Crippen molar-refractivity contribution in [2.24, 2.45) is 0 Å². The van der Waals surface area contributed by atoms with Crippen molar-refractivity contribution in [3.8, 4) is 0 Å². The van der Waals surface area contributed by atoms with Crippen LogP contribution in [-0.2, 0) is 5.88 Å². The lowest BCUT2D eigenvalue weighted by molar-refractivity contribution is 1.01. The van der Waals surface area contributed by atoms with E-state index in [4.69, 9.17) is 11.6 Å². The summed E-state index contributed by atoms with van der Waals surface area (Å²) in [6.45, 7) is 1.97. The van der Waals surface area contributed by atoms with E-state index in [9.17, 15) is 0 Å². The molecule has 0 aliphatic rings. The van der Waals surface area contributed by atoms with E-state index in [1.165, 1.54) is 0 Å². The van der Waals surface area contributed by atoms with Gasteiger partial charge in [0, 0.05) is 22.3 Å². The van der Waals surface area contributed by atoms with Crippen LogP contribution >= 0.6 is 11.6 Å². The molecule has 0 amide bonds. The van der Waals surface area contributed by atoms with E-state index in [-0.39, 0.29) is 0 Å². The summed E-state index contributed by atoms with van der Waals surface area (Å²) in [7, 11) is 0. The summed E-state index contributed by atoms with van der Waals surface area (Å²) in [6.07, 6.45) is 0. The molecule has 1 heterocycles. The first-order valence-electron chi connectivity index (χ1n) is 6.42. The molecule has 3 rings (SSSR count). The number of hydrogen-bond acceptors (Lipinski definition) is 3. The molecular weight excluding hydrogens is 270 g/mol. The Morgan fingerprint density at radius 2 is 1.65 bits per heavy atom. The summed E-state index contributed by atoms with van der Waals surface area (Å²) in [5.41, 5.74) is 3.00. The zero-order valence-electron chi connectivity index (χ0n) is 11.1. The summed E-state index contributed by atoms with van der Waals surface area (Å²) in [4.78, 5) is 0. The number of fused-ring (bicyclic) bond motifs is 1. The molecule has 0 saturated heterocycles. The van der Waals surface area contributed by atoms with E-state index in [1.54, 1.807) is 0 Å². The molecule has 0 radical (unpaired) electrons. The Bertz CT molecular complexity index is 738. The lowest BCUT2D eigenvalue weighted by Gasteiger charge is -2.09. The van der Waals surface area contributed by atoms with Crippen LogP contribution in [0.2, 0.25) is 0 Å². The molecule has 4 heteroatoms. The highest BCUT2D eigenvalue weighted by Gasteiger charge is 2.06. The van der Waals surface area contributed by atoms with Gasteiger partial charge in [0.2, 0.25) is 0 Å². The Kier molecular flexibility index (Phi) is 3.52. The Balaban J connectivity index is 2.00. The lowest BCUT2D eigenvalue weighted by Crippen LogP contribution is -1.98. The average molecular weight is 284 g/mol. The van der Waals surface area contributed by atoms with Crippen molar-refractivity contribution in [2.75, 3.05) is 5.32 Å². The maximum atomic E-state index is 5.79. The predicted octanol–water partition coefficient (Wildman–Crippen LogP) is 4.42. The summed E-state index contributed by atoms with van der Waals surface area (Å²) in [5, 5.41) is 14.0. The van der Waals surface area contributed by atoms with Crippen LogP contribution in [-0.4, -0.2) is 10.2 Å². The highest BCUT2D eigenvalue weighted by molar-refractivity contribution is 6.17. The summed E-state index contributed by atoms with van der Waals surface area (Å²) < 4.78 is 0. The summed E-state index contributed by atoms with van der Waals surface area (Å²) in [5.74, 6) is 1.29. The third-order valence-corrected chi connectivity index (χ3v) is 3.55. The number of halogens is 1. The lowest BCUT2D eigenvalue weighted by atomic mass is 10.1. The van der Waals surface area contributed by atoms with Crippen LogP contribution in [0.1, 0.15) is 11.3 Å². The van der Waals surface area contributed by atoms with Gasteiger partial charge in [-0.15, -0.1) is 16.7 Å². The Hall–Kier alpha value is -2.13. The van der Waals surface area contributed by atoms with Crippen molar-refractivity contribution in [3.05, 3.63) is 59.8 Å². The Labute approximate surface area is 122 Å². The van der Waals surface area contributed by atoms with Crippen molar-refractivity contribution in [3.63, 3.8) is 0 Å². The van der Waals surface area contributed by atoms with Crippen molar-refractivity contribution >= 4 is 33.9 Å². The number of rotatable bonds is 3. The molecule has 0 saturated carbocycles. The van der Waals surface area contributed by atoms with Crippen molar-refractivity contribution < 1.29 is 0 Å². The van der Waals surface area contributed by atoms with Gasteiger partial charge in [0.1, 0.15) is 0 Å². The Morgan fingerprint density at radius 1 is 0.950 bits per heavy atom. The largest absolute Gasteiger partial charge is 0.338 e. The molecule has 0 unspecified atom stereocenters. The fraction of sp³-hybridized carbons (Fsp3) is 0.125. The molecule has 2 aromatic carbocycles. The predicted molar refractivity (Wildman–Crippen MR) is 83.6 cm³/mol. The minimum atomic E-state index is 0.521. The van der Waals surface area contributed by atoms with Gasteiger partial charge in [-0.25, -0.2) is 0 Å². The number of aromatic nitrogens is 2. The molecule has 3 nitrogen and oxygen atoms in total. The van der Waals surface area contributed by atoms with Gasteiger partial charge in [0.15, 0.2) is 5.82 Å². The molecule has 0 fully saturated rings. The summed E-state index contributed by atoms with van der Waals surface area (Å²) in [6, 6.07) is 16.1. The van der Waals surface area contributed by atoms with Crippen molar-refractivity contribution in [2.45, 2.75) is 12.8 Å². The van der Waals surface area contributed by atoms with Gasteiger partial charge in [0.05, 0.1) is 5.69 Å². The first-order chi connectivity index (χ1) is 9.78. The fourth-order valence-corrected chi connectivity index (χ4v) is 2.32. The Morgan fingerprint density at radius 3 is 2.35 bits per heavy atom. The van der Waals surface area contributed by atoms with Crippen LogP contribution in [0, 0.1) is 6.92 Å². The topological polar surface area (TPSA) is 37.8 Å². The highest BCUT2D eigenvalue weighted by atomic mass is 35.5. The number of nitrogens with one attached hydrogen (secondary N) is 1. The van der Waals surface area contributed by atoms with Gasteiger partial charge in [-0.2, -0.15) is 5.10 Å². The maximum absolute atomic E-state index is 5.79. The van der Waals surface area contributed by atoms with E-state index in [2.05, 4.69) is 21.6 Å². The molecule has 3 aromatic rings. The number of aryl methyl sites for hydroxylation is 1. The summed E-state index contributed by atoms with van der Waals surface area (Å²) >= 11 is 5.79. The van der Waals surface area contributed by atoms with Gasteiger partial charge >= 0.3 is 0 Å². The molecule has 0 aliphatic carbocycles. The standard InChI is InChI=1S/C16H14ClN3/c1-11-14-4-2-3-5-15(14)16(20-19-11)18-13-8-6-12(10-17)7-9-13/h2-9H,10H2,1H3,(H,18,20). The quantitative estimate of drug-likeness (QED) is 0.723. The van der Waals surface area contributed by atoms with Crippen molar-refractivity contribution in [1.82, 2.24) is 10.2 Å². The number of alkyl halides is 1.